The van der Waals surface area contributed by atoms with E-state index in [1.54, 1.807) is 0 Å². The van der Waals surface area contributed by atoms with Crippen molar-refractivity contribution in [2.24, 2.45) is 17.6 Å². The number of rotatable bonds is 4. The van der Waals surface area contributed by atoms with Crippen molar-refractivity contribution in [3.05, 3.63) is 0 Å². The molecule has 1 rings (SSSR count). The molecule has 0 aromatic rings. The fourth-order valence-corrected chi connectivity index (χ4v) is 2.13. The quantitative estimate of drug-likeness (QED) is 0.720. The predicted molar refractivity (Wildman–Crippen MR) is 57.7 cm³/mol. The fourth-order valence-electron chi connectivity index (χ4n) is 2.13. The van der Waals surface area contributed by atoms with Gasteiger partial charge in [0.2, 0.25) is 0 Å². The van der Waals surface area contributed by atoms with Crippen LogP contribution in [0, 0.1) is 11.8 Å². The van der Waals surface area contributed by atoms with Crippen LogP contribution >= 0.6 is 0 Å². The molecule has 0 aromatic heterocycles. The Hall–Kier alpha value is -0.0800. The molecule has 2 atom stereocenters. The molecule has 0 aliphatic carbocycles. The Bertz CT molecular complexity index is 145. The number of hydrogen-bond acceptors (Lipinski definition) is 2. The predicted octanol–water partition coefficient (Wildman–Crippen LogP) is 1.70. The van der Waals surface area contributed by atoms with E-state index in [9.17, 15) is 0 Å². The summed E-state index contributed by atoms with van der Waals surface area (Å²) in [5.41, 5.74) is 5.72. The topological polar surface area (TPSA) is 29.3 Å². The van der Waals surface area contributed by atoms with Crippen LogP contribution in [-0.2, 0) is 0 Å². The van der Waals surface area contributed by atoms with Gasteiger partial charge in [-0.3, -0.25) is 0 Å². The van der Waals surface area contributed by atoms with Gasteiger partial charge in [0.1, 0.15) is 0 Å². The van der Waals surface area contributed by atoms with Crippen molar-refractivity contribution < 1.29 is 0 Å². The first-order valence-electron chi connectivity index (χ1n) is 5.59. The van der Waals surface area contributed by atoms with E-state index >= 15 is 0 Å². The molecule has 0 spiro atoms. The molecule has 1 fully saturated rings. The van der Waals surface area contributed by atoms with Gasteiger partial charge in [0.05, 0.1) is 0 Å². The Balaban J connectivity index is 2.28. The van der Waals surface area contributed by atoms with Crippen LogP contribution in [0.1, 0.15) is 33.6 Å². The molecular weight excluding hydrogens is 160 g/mol. The molecule has 0 radical (unpaired) electrons. The zero-order valence-corrected chi connectivity index (χ0v) is 9.29. The second-order valence-corrected chi connectivity index (χ2v) is 4.74. The standard InChI is InChI=1S/C11H24N2/c1-9(2)4-6-13-7-5-11(8-12)10(13)3/h9-11H,4-8,12H2,1-3H3. The molecule has 0 aromatic carbocycles. The highest BCUT2D eigenvalue weighted by atomic mass is 15.2. The second kappa shape index (κ2) is 4.97. The molecule has 1 saturated heterocycles. The van der Waals surface area contributed by atoms with Crippen LogP contribution in [0.4, 0.5) is 0 Å². The van der Waals surface area contributed by atoms with E-state index in [2.05, 4.69) is 25.7 Å². The normalized spacial score (nSPS) is 30.2. The molecule has 1 aliphatic rings. The third kappa shape index (κ3) is 2.96. The molecule has 2 nitrogen and oxygen atoms in total. The zero-order valence-electron chi connectivity index (χ0n) is 9.29. The number of likely N-dealkylation sites (tertiary alicyclic amines) is 1. The van der Waals surface area contributed by atoms with Crippen molar-refractivity contribution in [3.63, 3.8) is 0 Å². The van der Waals surface area contributed by atoms with Gasteiger partial charge in [0.15, 0.2) is 0 Å². The van der Waals surface area contributed by atoms with Crippen molar-refractivity contribution in [2.75, 3.05) is 19.6 Å². The van der Waals surface area contributed by atoms with Gasteiger partial charge in [-0.15, -0.1) is 0 Å². The van der Waals surface area contributed by atoms with Crippen LogP contribution in [0.25, 0.3) is 0 Å². The summed E-state index contributed by atoms with van der Waals surface area (Å²) >= 11 is 0. The van der Waals surface area contributed by atoms with E-state index in [1.807, 2.05) is 0 Å². The van der Waals surface area contributed by atoms with Crippen LogP contribution in [0.5, 0.6) is 0 Å². The molecule has 13 heavy (non-hydrogen) atoms. The monoisotopic (exact) mass is 184 g/mol. The highest BCUT2D eigenvalue weighted by Gasteiger charge is 2.28. The summed E-state index contributed by atoms with van der Waals surface area (Å²) in [4.78, 5) is 2.59. The lowest BCUT2D eigenvalue weighted by Gasteiger charge is -2.24. The number of nitrogens with zero attached hydrogens (tertiary/aromatic N) is 1. The molecule has 2 unspecified atom stereocenters. The van der Waals surface area contributed by atoms with Crippen molar-refractivity contribution in [1.82, 2.24) is 4.90 Å². The first-order chi connectivity index (χ1) is 6.15. The van der Waals surface area contributed by atoms with E-state index < -0.39 is 0 Å². The Morgan fingerprint density at radius 2 is 2.15 bits per heavy atom. The summed E-state index contributed by atoms with van der Waals surface area (Å²) < 4.78 is 0. The summed E-state index contributed by atoms with van der Waals surface area (Å²) in [7, 11) is 0. The molecule has 2 N–H and O–H groups in total. The average Bonchev–Trinajstić information content (AvgIpc) is 2.43. The van der Waals surface area contributed by atoms with E-state index in [1.165, 1.54) is 25.9 Å². The Morgan fingerprint density at radius 1 is 1.46 bits per heavy atom. The van der Waals surface area contributed by atoms with Crippen LogP contribution in [0.15, 0.2) is 0 Å². The van der Waals surface area contributed by atoms with Crippen LogP contribution in [0.2, 0.25) is 0 Å². The summed E-state index contributed by atoms with van der Waals surface area (Å²) in [5, 5.41) is 0. The number of hydrogen-bond donors (Lipinski definition) is 1. The lowest BCUT2D eigenvalue weighted by molar-refractivity contribution is 0.231. The largest absolute Gasteiger partial charge is 0.330 e. The molecular formula is C11H24N2. The lowest BCUT2D eigenvalue weighted by atomic mass is 10.0. The zero-order chi connectivity index (χ0) is 9.84. The maximum absolute atomic E-state index is 5.72. The minimum absolute atomic E-state index is 0.712. The summed E-state index contributed by atoms with van der Waals surface area (Å²) in [6.45, 7) is 10.3. The maximum Gasteiger partial charge on any atom is 0.0108 e. The van der Waals surface area contributed by atoms with Crippen LogP contribution in [0.3, 0.4) is 0 Å². The molecule has 0 saturated carbocycles. The molecule has 2 heteroatoms. The molecule has 1 aliphatic heterocycles. The van der Waals surface area contributed by atoms with Gasteiger partial charge in [-0.05, 0) is 51.2 Å². The van der Waals surface area contributed by atoms with Gasteiger partial charge in [-0.2, -0.15) is 0 Å². The third-order valence-electron chi connectivity index (χ3n) is 3.34. The Kier molecular flexibility index (Phi) is 4.20. The minimum atomic E-state index is 0.712. The van der Waals surface area contributed by atoms with Gasteiger partial charge < -0.3 is 10.6 Å². The first kappa shape index (κ1) is 11.0. The van der Waals surface area contributed by atoms with Crippen molar-refractivity contribution >= 4 is 0 Å². The maximum atomic E-state index is 5.72. The summed E-state index contributed by atoms with van der Waals surface area (Å²) in [6, 6.07) is 0.712. The average molecular weight is 184 g/mol. The van der Waals surface area contributed by atoms with Gasteiger partial charge in [-0.1, -0.05) is 13.8 Å². The lowest BCUT2D eigenvalue weighted by Crippen LogP contribution is -2.33. The highest BCUT2D eigenvalue weighted by Crippen LogP contribution is 2.23. The third-order valence-corrected chi connectivity index (χ3v) is 3.34. The van der Waals surface area contributed by atoms with Gasteiger partial charge in [0.25, 0.3) is 0 Å². The highest BCUT2D eigenvalue weighted by molar-refractivity contribution is 4.84. The van der Waals surface area contributed by atoms with Gasteiger partial charge in [-0.25, -0.2) is 0 Å². The van der Waals surface area contributed by atoms with E-state index in [-0.39, 0.29) is 0 Å². The molecule has 78 valence electrons. The SMILES string of the molecule is CC(C)CCN1CCC(CN)C1C. The van der Waals surface area contributed by atoms with Crippen molar-refractivity contribution in [2.45, 2.75) is 39.7 Å². The number of nitrogens with two attached hydrogens (primary N) is 1. The minimum Gasteiger partial charge on any atom is -0.330 e. The first-order valence-corrected chi connectivity index (χ1v) is 5.59. The van der Waals surface area contributed by atoms with Crippen molar-refractivity contribution in [1.29, 1.82) is 0 Å². The second-order valence-electron chi connectivity index (χ2n) is 4.74. The smallest absolute Gasteiger partial charge is 0.0108 e. The van der Waals surface area contributed by atoms with Gasteiger partial charge in [0, 0.05) is 6.04 Å². The Morgan fingerprint density at radius 3 is 2.62 bits per heavy atom. The molecule has 0 amide bonds. The van der Waals surface area contributed by atoms with Crippen molar-refractivity contribution in [3.8, 4) is 0 Å². The summed E-state index contributed by atoms with van der Waals surface area (Å²) in [6.07, 6.45) is 2.62. The van der Waals surface area contributed by atoms with E-state index in [0.717, 1.165) is 18.4 Å². The van der Waals surface area contributed by atoms with Crippen LogP contribution < -0.4 is 5.73 Å². The van der Waals surface area contributed by atoms with E-state index in [0.29, 0.717) is 6.04 Å². The molecule has 0 bridgehead atoms. The van der Waals surface area contributed by atoms with Gasteiger partial charge >= 0.3 is 0 Å². The summed E-state index contributed by atoms with van der Waals surface area (Å²) in [5.74, 6) is 1.57. The molecule has 1 heterocycles. The van der Waals surface area contributed by atoms with E-state index in [4.69, 9.17) is 5.73 Å². The van der Waals surface area contributed by atoms with Crippen LogP contribution in [-0.4, -0.2) is 30.6 Å². The Labute approximate surface area is 82.5 Å². The fraction of sp³-hybridized carbons (Fsp3) is 1.00.